The molecule has 0 saturated carbocycles. The summed E-state index contributed by atoms with van der Waals surface area (Å²) in [6.07, 6.45) is 0. The minimum Gasteiger partial charge on any atom is -0.494 e. The van der Waals surface area contributed by atoms with Crippen molar-refractivity contribution in [2.45, 2.75) is 20.4 Å². The zero-order valence-electron chi connectivity index (χ0n) is 14.1. The zero-order chi connectivity index (χ0) is 17.4. The van der Waals surface area contributed by atoms with Gasteiger partial charge in [-0.3, -0.25) is 4.79 Å². The van der Waals surface area contributed by atoms with E-state index >= 15 is 0 Å². The van der Waals surface area contributed by atoms with Gasteiger partial charge in [-0.05, 0) is 49.2 Å². The van der Waals surface area contributed by atoms with Crippen LogP contribution in [0.25, 0.3) is 0 Å². The van der Waals surface area contributed by atoms with Crippen molar-refractivity contribution in [1.29, 1.82) is 0 Å². The summed E-state index contributed by atoms with van der Waals surface area (Å²) >= 11 is 0. The first-order valence-corrected chi connectivity index (χ1v) is 8.10. The number of ether oxygens (including phenoxy) is 1. The first-order valence-electron chi connectivity index (χ1n) is 8.10. The highest BCUT2D eigenvalue weighted by atomic mass is 16.5. The number of rotatable bonds is 8. The molecule has 2 aromatic carbocycles. The van der Waals surface area contributed by atoms with Crippen LogP contribution < -0.4 is 15.4 Å². The molecule has 0 aliphatic carbocycles. The molecule has 0 aliphatic rings. The lowest BCUT2D eigenvalue weighted by atomic mass is 10.1. The third-order valence-corrected chi connectivity index (χ3v) is 3.67. The largest absolute Gasteiger partial charge is 0.494 e. The first kappa shape index (κ1) is 17.8. The second-order valence-electron chi connectivity index (χ2n) is 5.39. The van der Waals surface area contributed by atoms with E-state index in [9.17, 15) is 4.79 Å². The van der Waals surface area contributed by atoms with Crippen molar-refractivity contribution in [1.82, 2.24) is 5.32 Å². The van der Waals surface area contributed by atoms with Gasteiger partial charge in [-0.15, -0.1) is 0 Å². The highest BCUT2D eigenvalue weighted by Crippen LogP contribution is 2.21. The molecule has 0 atom stereocenters. The van der Waals surface area contributed by atoms with Crippen LogP contribution in [0.1, 0.15) is 28.4 Å². The van der Waals surface area contributed by atoms with Gasteiger partial charge in [0.25, 0.3) is 5.91 Å². The number of carbonyl (C=O) groups is 1. The normalized spacial score (nSPS) is 10.3. The predicted molar refractivity (Wildman–Crippen MR) is 95.5 cm³/mol. The van der Waals surface area contributed by atoms with E-state index in [4.69, 9.17) is 9.84 Å². The van der Waals surface area contributed by atoms with Crippen molar-refractivity contribution >= 4 is 11.6 Å². The molecule has 0 saturated heterocycles. The van der Waals surface area contributed by atoms with E-state index in [-0.39, 0.29) is 19.1 Å². The molecule has 1 amide bonds. The number of aliphatic hydroxyl groups is 1. The third kappa shape index (κ3) is 4.73. The molecule has 0 bridgehead atoms. The van der Waals surface area contributed by atoms with Gasteiger partial charge in [0, 0.05) is 24.3 Å². The summed E-state index contributed by atoms with van der Waals surface area (Å²) in [5.41, 5.74) is 3.51. The molecular weight excluding hydrogens is 304 g/mol. The number of nitrogens with one attached hydrogen (secondary N) is 2. The molecule has 2 aromatic rings. The maximum atomic E-state index is 12.1. The fourth-order valence-corrected chi connectivity index (χ4v) is 2.45. The smallest absolute Gasteiger partial charge is 0.251 e. The van der Waals surface area contributed by atoms with Crippen molar-refractivity contribution in [3.63, 3.8) is 0 Å². The molecule has 5 heteroatoms. The molecule has 3 N–H and O–H groups in total. The quantitative estimate of drug-likeness (QED) is 0.697. The van der Waals surface area contributed by atoms with Crippen LogP contribution in [0.2, 0.25) is 0 Å². The summed E-state index contributed by atoms with van der Waals surface area (Å²) in [7, 11) is 0. The van der Waals surface area contributed by atoms with E-state index in [0.717, 1.165) is 22.6 Å². The highest BCUT2D eigenvalue weighted by molar-refractivity contribution is 5.97. The number of aliphatic hydroxyl groups excluding tert-OH is 1. The van der Waals surface area contributed by atoms with E-state index in [2.05, 4.69) is 10.6 Å². The SMILES string of the molecule is CCOc1cccc(CNc2cccc(C(=O)NCCO)c2C)c1. The molecule has 0 radical (unpaired) electrons. The van der Waals surface area contributed by atoms with Gasteiger partial charge in [0.15, 0.2) is 0 Å². The Morgan fingerprint density at radius 1 is 1.21 bits per heavy atom. The highest BCUT2D eigenvalue weighted by Gasteiger charge is 2.11. The molecule has 0 spiro atoms. The number of hydrogen-bond donors (Lipinski definition) is 3. The number of anilines is 1. The Hall–Kier alpha value is -2.53. The van der Waals surface area contributed by atoms with Crippen LogP contribution in [-0.2, 0) is 6.54 Å². The van der Waals surface area contributed by atoms with Gasteiger partial charge < -0.3 is 20.5 Å². The van der Waals surface area contributed by atoms with E-state index < -0.39 is 0 Å². The summed E-state index contributed by atoms with van der Waals surface area (Å²) in [6.45, 7) is 5.33. The van der Waals surface area contributed by atoms with E-state index in [1.165, 1.54) is 0 Å². The number of hydrogen-bond acceptors (Lipinski definition) is 4. The lowest BCUT2D eigenvalue weighted by molar-refractivity contribution is 0.0944. The molecule has 0 aliphatic heterocycles. The third-order valence-electron chi connectivity index (χ3n) is 3.67. The Morgan fingerprint density at radius 2 is 2.00 bits per heavy atom. The van der Waals surface area contributed by atoms with E-state index in [0.29, 0.717) is 18.7 Å². The van der Waals surface area contributed by atoms with Gasteiger partial charge in [0.05, 0.1) is 13.2 Å². The average molecular weight is 328 g/mol. The van der Waals surface area contributed by atoms with Crippen molar-refractivity contribution in [3.05, 3.63) is 59.2 Å². The average Bonchev–Trinajstić information content (AvgIpc) is 2.59. The van der Waals surface area contributed by atoms with Crippen molar-refractivity contribution < 1.29 is 14.6 Å². The maximum Gasteiger partial charge on any atom is 0.251 e. The van der Waals surface area contributed by atoms with Gasteiger partial charge in [0.1, 0.15) is 5.75 Å². The summed E-state index contributed by atoms with van der Waals surface area (Å²) in [6, 6.07) is 13.5. The maximum absolute atomic E-state index is 12.1. The van der Waals surface area contributed by atoms with E-state index in [1.807, 2.05) is 50.2 Å². The fraction of sp³-hybridized carbons (Fsp3) is 0.316. The minimum atomic E-state index is -0.177. The number of amides is 1. The standard InChI is InChI=1S/C19H24N2O3/c1-3-24-16-7-4-6-15(12-16)13-21-18-9-5-8-17(14(18)2)19(23)20-10-11-22/h4-9,12,21-22H,3,10-11,13H2,1-2H3,(H,20,23). The van der Waals surface area contributed by atoms with Crippen LogP contribution >= 0.6 is 0 Å². The van der Waals surface area contributed by atoms with Gasteiger partial charge in [0.2, 0.25) is 0 Å². The number of benzene rings is 2. The Bertz CT molecular complexity index is 686. The fourth-order valence-electron chi connectivity index (χ4n) is 2.45. The van der Waals surface area contributed by atoms with Crippen LogP contribution in [0.5, 0.6) is 5.75 Å². The topological polar surface area (TPSA) is 70.6 Å². The van der Waals surface area contributed by atoms with Gasteiger partial charge in [-0.1, -0.05) is 18.2 Å². The lowest BCUT2D eigenvalue weighted by Crippen LogP contribution is -2.27. The van der Waals surface area contributed by atoms with Crippen molar-refractivity contribution in [2.24, 2.45) is 0 Å². The molecule has 128 valence electrons. The lowest BCUT2D eigenvalue weighted by Gasteiger charge is -2.14. The monoisotopic (exact) mass is 328 g/mol. The Morgan fingerprint density at radius 3 is 2.75 bits per heavy atom. The van der Waals surface area contributed by atoms with Crippen molar-refractivity contribution in [3.8, 4) is 5.75 Å². The van der Waals surface area contributed by atoms with Gasteiger partial charge in [-0.25, -0.2) is 0 Å². The second-order valence-corrected chi connectivity index (χ2v) is 5.39. The van der Waals surface area contributed by atoms with Crippen LogP contribution in [0.15, 0.2) is 42.5 Å². The van der Waals surface area contributed by atoms with Crippen molar-refractivity contribution in [2.75, 3.05) is 25.1 Å². The molecular formula is C19H24N2O3. The summed E-state index contributed by atoms with van der Waals surface area (Å²) in [5, 5.41) is 14.9. The van der Waals surface area contributed by atoms with Crippen LogP contribution in [0.4, 0.5) is 5.69 Å². The second kappa shape index (κ2) is 8.93. The van der Waals surface area contributed by atoms with Crippen LogP contribution in [0, 0.1) is 6.92 Å². The zero-order valence-corrected chi connectivity index (χ0v) is 14.1. The van der Waals surface area contributed by atoms with Crippen LogP contribution in [-0.4, -0.2) is 30.8 Å². The summed E-state index contributed by atoms with van der Waals surface area (Å²) < 4.78 is 5.51. The Kier molecular flexibility index (Phi) is 6.63. The molecule has 2 rings (SSSR count). The van der Waals surface area contributed by atoms with Gasteiger partial charge in [-0.2, -0.15) is 0 Å². The molecule has 0 aromatic heterocycles. The molecule has 0 unspecified atom stereocenters. The molecule has 24 heavy (non-hydrogen) atoms. The molecule has 0 heterocycles. The summed E-state index contributed by atoms with van der Waals surface area (Å²) in [5.74, 6) is 0.675. The minimum absolute atomic E-state index is 0.0705. The Labute approximate surface area is 142 Å². The number of carbonyl (C=O) groups excluding carboxylic acids is 1. The predicted octanol–water partition coefficient (Wildman–Crippen LogP) is 2.73. The Balaban J connectivity index is 2.07. The molecule has 5 nitrogen and oxygen atoms in total. The summed E-state index contributed by atoms with van der Waals surface area (Å²) in [4.78, 5) is 12.1. The van der Waals surface area contributed by atoms with Gasteiger partial charge >= 0.3 is 0 Å². The van der Waals surface area contributed by atoms with Crippen LogP contribution in [0.3, 0.4) is 0 Å². The first-order chi connectivity index (χ1) is 11.7. The molecule has 0 fully saturated rings. The van der Waals surface area contributed by atoms with E-state index in [1.54, 1.807) is 6.07 Å².